The molecule has 0 bridgehead atoms. The Kier molecular flexibility index (Phi) is 5.09. The zero-order valence-corrected chi connectivity index (χ0v) is 12.7. The van der Waals surface area contributed by atoms with Crippen LogP contribution < -0.4 is 11.1 Å². The summed E-state index contributed by atoms with van der Waals surface area (Å²) in [6.45, 7) is 2.73. The summed E-state index contributed by atoms with van der Waals surface area (Å²) in [4.78, 5) is 15.2. The standard InChI is InChI=1S/C15H21N3OS/c1-10(20-2)8-18-15(19)13(16)7-11-9-17-14-6-4-3-5-12(11)14/h3-6,9-10,13,17H,7-8,16H2,1-2H3,(H,18,19)/t10?,13-/m0/s1. The summed E-state index contributed by atoms with van der Waals surface area (Å²) >= 11 is 1.73. The molecule has 0 saturated carbocycles. The monoisotopic (exact) mass is 291 g/mol. The molecule has 20 heavy (non-hydrogen) atoms. The lowest BCUT2D eigenvalue weighted by molar-refractivity contribution is -0.122. The average molecular weight is 291 g/mol. The maximum atomic E-state index is 12.0. The quantitative estimate of drug-likeness (QED) is 0.761. The number of hydrogen-bond donors (Lipinski definition) is 3. The third kappa shape index (κ3) is 3.55. The fraction of sp³-hybridized carbons (Fsp3) is 0.400. The summed E-state index contributed by atoms with van der Waals surface area (Å²) in [5, 5.41) is 4.43. The zero-order chi connectivity index (χ0) is 14.5. The normalized spacial score (nSPS) is 14.2. The molecular weight excluding hydrogens is 270 g/mol. The molecule has 1 unspecified atom stereocenters. The van der Waals surface area contributed by atoms with Crippen LogP contribution in [0.1, 0.15) is 12.5 Å². The molecule has 2 aromatic rings. The maximum absolute atomic E-state index is 12.0. The van der Waals surface area contributed by atoms with Gasteiger partial charge in [0, 0.05) is 28.9 Å². The van der Waals surface area contributed by atoms with Gasteiger partial charge < -0.3 is 16.0 Å². The van der Waals surface area contributed by atoms with Gasteiger partial charge in [-0.3, -0.25) is 4.79 Å². The van der Waals surface area contributed by atoms with Crippen LogP contribution in [-0.4, -0.2) is 35.0 Å². The Hall–Kier alpha value is -1.46. The second kappa shape index (κ2) is 6.81. The van der Waals surface area contributed by atoms with E-state index in [4.69, 9.17) is 5.73 Å². The number of para-hydroxylation sites is 1. The highest BCUT2D eigenvalue weighted by Gasteiger charge is 2.16. The predicted octanol–water partition coefficient (Wildman–Crippen LogP) is 1.91. The number of carbonyl (C=O) groups excluding carboxylic acids is 1. The fourth-order valence-electron chi connectivity index (χ4n) is 2.09. The summed E-state index contributed by atoms with van der Waals surface area (Å²) in [6, 6.07) is 7.53. The number of H-pyrrole nitrogens is 1. The molecule has 0 radical (unpaired) electrons. The third-order valence-corrected chi connectivity index (χ3v) is 4.39. The number of carbonyl (C=O) groups is 1. The lowest BCUT2D eigenvalue weighted by Crippen LogP contribution is -2.43. The first-order valence-corrected chi connectivity index (χ1v) is 8.01. The smallest absolute Gasteiger partial charge is 0.237 e. The van der Waals surface area contributed by atoms with Crippen LogP contribution in [0.3, 0.4) is 0 Å². The molecule has 108 valence electrons. The summed E-state index contributed by atoms with van der Waals surface area (Å²) in [6.07, 6.45) is 4.51. The van der Waals surface area contributed by atoms with E-state index in [9.17, 15) is 4.79 Å². The van der Waals surface area contributed by atoms with Crippen molar-refractivity contribution in [3.63, 3.8) is 0 Å². The highest BCUT2D eigenvalue weighted by molar-refractivity contribution is 7.99. The first-order valence-electron chi connectivity index (χ1n) is 6.73. The minimum Gasteiger partial charge on any atom is -0.361 e. The van der Waals surface area contributed by atoms with Crippen molar-refractivity contribution in [1.82, 2.24) is 10.3 Å². The highest BCUT2D eigenvalue weighted by Crippen LogP contribution is 2.18. The molecule has 4 nitrogen and oxygen atoms in total. The number of nitrogens with one attached hydrogen (secondary N) is 2. The number of aromatic amines is 1. The van der Waals surface area contributed by atoms with Crippen LogP contribution in [-0.2, 0) is 11.2 Å². The molecule has 0 fully saturated rings. The van der Waals surface area contributed by atoms with E-state index in [1.807, 2.05) is 36.7 Å². The van der Waals surface area contributed by atoms with Crippen LogP contribution in [0, 0.1) is 0 Å². The predicted molar refractivity (Wildman–Crippen MR) is 86.0 cm³/mol. The number of thioether (sulfide) groups is 1. The molecule has 1 aromatic heterocycles. The lowest BCUT2D eigenvalue weighted by Gasteiger charge is -2.14. The summed E-state index contributed by atoms with van der Waals surface area (Å²) < 4.78 is 0. The summed E-state index contributed by atoms with van der Waals surface area (Å²) in [5.74, 6) is -0.0869. The van der Waals surface area contributed by atoms with Crippen molar-refractivity contribution in [2.24, 2.45) is 5.73 Å². The molecular formula is C15H21N3OS. The number of aromatic nitrogens is 1. The number of rotatable bonds is 6. The van der Waals surface area contributed by atoms with Gasteiger partial charge in [-0.15, -0.1) is 0 Å². The van der Waals surface area contributed by atoms with E-state index in [0.29, 0.717) is 18.2 Å². The van der Waals surface area contributed by atoms with Gasteiger partial charge in [-0.25, -0.2) is 0 Å². The van der Waals surface area contributed by atoms with Gasteiger partial charge in [-0.2, -0.15) is 11.8 Å². The Bertz CT molecular complexity index is 581. The molecule has 4 N–H and O–H groups in total. The number of fused-ring (bicyclic) bond motifs is 1. The number of hydrogen-bond acceptors (Lipinski definition) is 3. The minimum atomic E-state index is -0.511. The van der Waals surface area contributed by atoms with Crippen molar-refractivity contribution in [2.45, 2.75) is 24.6 Å². The molecule has 0 aliphatic carbocycles. The van der Waals surface area contributed by atoms with Crippen molar-refractivity contribution >= 4 is 28.6 Å². The molecule has 1 aromatic carbocycles. The molecule has 0 aliphatic rings. The topological polar surface area (TPSA) is 70.9 Å². The van der Waals surface area contributed by atoms with E-state index in [0.717, 1.165) is 16.5 Å². The van der Waals surface area contributed by atoms with Crippen molar-refractivity contribution in [3.05, 3.63) is 36.0 Å². The summed E-state index contributed by atoms with van der Waals surface area (Å²) in [5.41, 5.74) is 8.15. The molecule has 2 atom stereocenters. The Balaban J connectivity index is 1.97. The number of amides is 1. The zero-order valence-electron chi connectivity index (χ0n) is 11.8. The second-order valence-electron chi connectivity index (χ2n) is 4.96. The minimum absolute atomic E-state index is 0.0869. The van der Waals surface area contributed by atoms with Gasteiger partial charge in [0.25, 0.3) is 0 Å². The molecule has 1 amide bonds. The van der Waals surface area contributed by atoms with Crippen LogP contribution in [0.4, 0.5) is 0 Å². The van der Waals surface area contributed by atoms with Crippen LogP contribution in [0.25, 0.3) is 10.9 Å². The van der Waals surface area contributed by atoms with Gasteiger partial charge in [0.1, 0.15) is 0 Å². The molecule has 0 saturated heterocycles. The fourth-order valence-corrected chi connectivity index (χ4v) is 2.34. The van der Waals surface area contributed by atoms with Crippen LogP contribution in [0.2, 0.25) is 0 Å². The molecule has 2 rings (SSSR count). The number of benzene rings is 1. The Morgan fingerprint density at radius 1 is 1.45 bits per heavy atom. The SMILES string of the molecule is CSC(C)CNC(=O)[C@@H](N)Cc1c[nH]c2ccccc12. The highest BCUT2D eigenvalue weighted by atomic mass is 32.2. The van der Waals surface area contributed by atoms with Crippen LogP contribution in [0.5, 0.6) is 0 Å². The number of nitrogens with two attached hydrogens (primary N) is 1. The second-order valence-corrected chi connectivity index (χ2v) is 6.24. The largest absolute Gasteiger partial charge is 0.361 e. The first-order chi connectivity index (χ1) is 9.61. The van der Waals surface area contributed by atoms with Crippen molar-refractivity contribution in [3.8, 4) is 0 Å². The van der Waals surface area contributed by atoms with Crippen molar-refractivity contribution in [2.75, 3.05) is 12.8 Å². The first kappa shape index (κ1) is 14.9. The van der Waals surface area contributed by atoms with E-state index >= 15 is 0 Å². The van der Waals surface area contributed by atoms with Gasteiger partial charge >= 0.3 is 0 Å². The maximum Gasteiger partial charge on any atom is 0.237 e. The molecule has 0 spiro atoms. The molecule has 0 aliphatic heterocycles. The van der Waals surface area contributed by atoms with E-state index in [-0.39, 0.29) is 5.91 Å². The van der Waals surface area contributed by atoms with Gasteiger partial charge in [0.05, 0.1) is 6.04 Å². The Labute approximate surface area is 123 Å². The van der Waals surface area contributed by atoms with E-state index in [1.54, 1.807) is 11.8 Å². The van der Waals surface area contributed by atoms with Gasteiger partial charge in [-0.1, -0.05) is 25.1 Å². The van der Waals surface area contributed by atoms with Gasteiger partial charge in [0.2, 0.25) is 5.91 Å². The third-order valence-electron chi connectivity index (χ3n) is 3.42. The van der Waals surface area contributed by atoms with E-state index in [2.05, 4.69) is 17.2 Å². The molecule has 1 heterocycles. The Morgan fingerprint density at radius 2 is 2.20 bits per heavy atom. The van der Waals surface area contributed by atoms with Crippen molar-refractivity contribution < 1.29 is 4.79 Å². The van der Waals surface area contributed by atoms with Crippen molar-refractivity contribution in [1.29, 1.82) is 0 Å². The van der Waals surface area contributed by atoms with Crippen LogP contribution >= 0.6 is 11.8 Å². The summed E-state index contributed by atoms with van der Waals surface area (Å²) in [7, 11) is 0. The van der Waals surface area contributed by atoms with E-state index in [1.165, 1.54) is 0 Å². The molecule has 5 heteroatoms. The Morgan fingerprint density at radius 3 is 2.95 bits per heavy atom. The lowest BCUT2D eigenvalue weighted by atomic mass is 10.1. The van der Waals surface area contributed by atoms with E-state index < -0.39 is 6.04 Å². The van der Waals surface area contributed by atoms with Gasteiger partial charge in [0.15, 0.2) is 0 Å². The van der Waals surface area contributed by atoms with Crippen LogP contribution in [0.15, 0.2) is 30.5 Å². The average Bonchev–Trinajstić information content (AvgIpc) is 2.87. The van der Waals surface area contributed by atoms with Gasteiger partial charge in [-0.05, 0) is 24.3 Å².